The minimum atomic E-state index is -0.110. The molecule has 18 heavy (non-hydrogen) atoms. The highest BCUT2D eigenvalue weighted by Crippen LogP contribution is 2.26. The van der Waals surface area contributed by atoms with Crippen LogP contribution in [0.5, 0.6) is 11.5 Å². The quantitative estimate of drug-likeness (QED) is 0.606. The first-order chi connectivity index (χ1) is 8.34. The van der Waals surface area contributed by atoms with E-state index in [9.17, 15) is 10.2 Å². The number of benzene rings is 1. The zero-order chi connectivity index (χ0) is 13.8. The molecule has 0 fully saturated rings. The molecule has 0 spiro atoms. The van der Waals surface area contributed by atoms with Gasteiger partial charge in [-0.25, -0.2) is 0 Å². The van der Waals surface area contributed by atoms with Crippen LogP contribution < -0.4 is 5.32 Å². The van der Waals surface area contributed by atoms with E-state index in [0.29, 0.717) is 13.0 Å². The highest BCUT2D eigenvalue weighted by Gasteiger charge is 2.23. The summed E-state index contributed by atoms with van der Waals surface area (Å²) < 4.78 is 0. The van der Waals surface area contributed by atoms with Gasteiger partial charge < -0.3 is 20.6 Å². The Morgan fingerprint density at radius 2 is 1.83 bits per heavy atom. The molecule has 0 aliphatic carbocycles. The van der Waals surface area contributed by atoms with Gasteiger partial charge >= 0.3 is 0 Å². The lowest BCUT2D eigenvalue weighted by atomic mass is 9.85. The summed E-state index contributed by atoms with van der Waals surface area (Å²) in [7, 11) is 0. The summed E-state index contributed by atoms with van der Waals surface area (Å²) in [6, 6.07) is 4.98. The predicted octanol–water partition coefficient (Wildman–Crippen LogP) is 1.98. The maximum atomic E-state index is 9.41. The Morgan fingerprint density at radius 1 is 1.17 bits per heavy atom. The highest BCUT2D eigenvalue weighted by molar-refractivity contribution is 5.40. The van der Waals surface area contributed by atoms with E-state index in [1.807, 2.05) is 0 Å². The van der Waals surface area contributed by atoms with Crippen LogP contribution in [0.2, 0.25) is 0 Å². The van der Waals surface area contributed by atoms with Gasteiger partial charge in [-0.05, 0) is 29.5 Å². The average Bonchev–Trinajstić information content (AvgIpc) is 2.27. The Balaban J connectivity index is 2.64. The molecule has 4 nitrogen and oxygen atoms in total. The summed E-state index contributed by atoms with van der Waals surface area (Å²) in [6.45, 7) is 7.10. The van der Waals surface area contributed by atoms with E-state index in [2.05, 4.69) is 26.1 Å². The van der Waals surface area contributed by atoms with E-state index >= 15 is 0 Å². The highest BCUT2D eigenvalue weighted by atomic mass is 16.3. The number of phenols is 2. The molecule has 0 saturated carbocycles. The summed E-state index contributed by atoms with van der Waals surface area (Å²) in [6.07, 6.45) is 0.688. The van der Waals surface area contributed by atoms with Gasteiger partial charge in [-0.3, -0.25) is 0 Å². The van der Waals surface area contributed by atoms with E-state index in [0.717, 1.165) is 5.56 Å². The molecule has 4 heteroatoms. The lowest BCUT2D eigenvalue weighted by Crippen LogP contribution is -2.40. The van der Waals surface area contributed by atoms with Crippen LogP contribution in [-0.4, -0.2) is 28.0 Å². The minimum absolute atomic E-state index is 0.0572. The molecule has 0 saturated heterocycles. The number of nitrogens with one attached hydrogen (secondary N) is 1. The van der Waals surface area contributed by atoms with Crippen molar-refractivity contribution in [3.63, 3.8) is 0 Å². The first kappa shape index (κ1) is 14.8. The van der Waals surface area contributed by atoms with Crippen molar-refractivity contribution in [3.05, 3.63) is 23.8 Å². The number of aliphatic hydroxyl groups is 1. The number of hydrogen-bond acceptors (Lipinski definition) is 4. The largest absolute Gasteiger partial charge is 0.504 e. The van der Waals surface area contributed by atoms with Crippen LogP contribution in [0.25, 0.3) is 0 Å². The van der Waals surface area contributed by atoms with Crippen molar-refractivity contribution >= 4 is 0 Å². The normalized spacial score (nSPS) is 13.6. The second kappa shape index (κ2) is 6.07. The van der Waals surface area contributed by atoms with Crippen LogP contribution in [0.1, 0.15) is 32.8 Å². The predicted molar refractivity (Wildman–Crippen MR) is 71.6 cm³/mol. The fourth-order valence-electron chi connectivity index (χ4n) is 1.89. The molecule has 0 aliphatic heterocycles. The summed E-state index contributed by atoms with van der Waals surface area (Å²) in [5, 5.41) is 31.1. The Morgan fingerprint density at radius 3 is 2.33 bits per heavy atom. The summed E-state index contributed by atoms with van der Waals surface area (Å²) in [5.41, 5.74) is 0.958. The topological polar surface area (TPSA) is 72.7 Å². The summed E-state index contributed by atoms with van der Waals surface area (Å²) in [4.78, 5) is 0. The molecular formula is C14H23NO3. The fourth-order valence-corrected chi connectivity index (χ4v) is 1.89. The third kappa shape index (κ3) is 4.20. The molecule has 4 N–H and O–H groups in total. The first-order valence-corrected chi connectivity index (χ1v) is 6.19. The molecule has 0 bridgehead atoms. The van der Waals surface area contributed by atoms with Crippen LogP contribution in [0.3, 0.4) is 0 Å². The molecule has 1 rings (SSSR count). The second-order valence-electron chi connectivity index (χ2n) is 5.63. The van der Waals surface area contributed by atoms with Crippen LogP contribution in [0.15, 0.2) is 18.2 Å². The summed E-state index contributed by atoms with van der Waals surface area (Å²) >= 11 is 0. The number of aromatic hydroxyl groups is 2. The third-order valence-electron chi connectivity index (χ3n) is 3.06. The molecule has 1 unspecified atom stereocenters. The van der Waals surface area contributed by atoms with E-state index in [1.54, 1.807) is 12.1 Å². The zero-order valence-electron chi connectivity index (χ0n) is 11.3. The Bertz CT molecular complexity index is 385. The molecule has 102 valence electrons. The first-order valence-electron chi connectivity index (χ1n) is 6.19. The van der Waals surface area contributed by atoms with Gasteiger partial charge in [0.2, 0.25) is 0 Å². The maximum Gasteiger partial charge on any atom is 0.157 e. The Labute approximate surface area is 108 Å². The van der Waals surface area contributed by atoms with Gasteiger partial charge in [0.1, 0.15) is 0 Å². The van der Waals surface area contributed by atoms with Gasteiger partial charge in [-0.2, -0.15) is 0 Å². The van der Waals surface area contributed by atoms with Gasteiger partial charge in [-0.1, -0.05) is 26.8 Å². The number of hydrogen-bond donors (Lipinski definition) is 4. The molecule has 1 atom stereocenters. The third-order valence-corrected chi connectivity index (χ3v) is 3.06. The molecule has 0 radical (unpaired) electrons. The zero-order valence-corrected chi connectivity index (χ0v) is 11.3. The number of phenolic OH excluding ortho intramolecular Hbond substituents is 2. The van der Waals surface area contributed by atoms with Crippen LogP contribution in [-0.2, 0) is 6.54 Å². The Kier molecular flexibility index (Phi) is 4.99. The van der Waals surface area contributed by atoms with Gasteiger partial charge in [0, 0.05) is 19.2 Å². The SMILES string of the molecule is CC(C)(C)C(CCO)NCc1ccc(O)c(O)c1. The lowest BCUT2D eigenvalue weighted by molar-refractivity contribution is 0.196. The molecule has 0 heterocycles. The monoisotopic (exact) mass is 253 g/mol. The van der Waals surface area contributed by atoms with Crippen molar-refractivity contribution in [1.29, 1.82) is 0 Å². The second-order valence-corrected chi connectivity index (χ2v) is 5.63. The number of rotatable bonds is 5. The van der Waals surface area contributed by atoms with E-state index in [1.165, 1.54) is 6.07 Å². The van der Waals surface area contributed by atoms with Crippen LogP contribution in [0.4, 0.5) is 0 Å². The molecule has 1 aromatic carbocycles. The van der Waals surface area contributed by atoms with Crippen molar-refractivity contribution in [2.45, 2.75) is 39.8 Å². The number of aliphatic hydroxyl groups excluding tert-OH is 1. The van der Waals surface area contributed by atoms with Crippen molar-refractivity contribution < 1.29 is 15.3 Å². The smallest absolute Gasteiger partial charge is 0.157 e. The average molecular weight is 253 g/mol. The van der Waals surface area contributed by atoms with E-state index < -0.39 is 0 Å². The molecule has 0 aliphatic rings. The van der Waals surface area contributed by atoms with Gasteiger partial charge in [0.15, 0.2) is 11.5 Å². The van der Waals surface area contributed by atoms with Crippen molar-refractivity contribution in [2.75, 3.05) is 6.61 Å². The molecular weight excluding hydrogens is 230 g/mol. The fraction of sp³-hybridized carbons (Fsp3) is 0.571. The maximum absolute atomic E-state index is 9.41. The van der Waals surface area contributed by atoms with Gasteiger partial charge in [-0.15, -0.1) is 0 Å². The molecule has 0 aromatic heterocycles. The van der Waals surface area contributed by atoms with Gasteiger partial charge in [0.25, 0.3) is 0 Å². The molecule has 0 amide bonds. The van der Waals surface area contributed by atoms with Crippen molar-refractivity contribution in [1.82, 2.24) is 5.32 Å². The Hall–Kier alpha value is -1.26. The van der Waals surface area contributed by atoms with Crippen LogP contribution >= 0.6 is 0 Å². The van der Waals surface area contributed by atoms with Gasteiger partial charge in [0.05, 0.1) is 0 Å². The standard InChI is InChI=1S/C14H23NO3/c1-14(2,3)13(6-7-16)15-9-10-4-5-11(17)12(18)8-10/h4-5,8,13,15-18H,6-7,9H2,1-3H3. The van der Waals surface area contributed by atoms with E-state index in [4.69, 9.17) is 5.11 Å². The molecule has 1 aromatic rings. The van der Waals surface area contributed by atoms with Crippen molar-refractivity contribution in [3.8, 4) is 11.5 Å². The lowest BCUT2D eigenvalue weighted by Gasteiger charge is -2.31. The minimum Gasteiger partial charge on any atom is -0.504 e. The van der Waals surface area contributed by atoms with Crippen LogP contribution in [0, 0.1) is 5.41 Å². The summed E-state index contributed by atoms with van der Waals surface area (Å²) in [5.74, 6) is -0.217. The van der Waals surface area contributed by atoms with Crippen molar-refractivity contribution in [2.24, 2.45) is 5.41 Å². The van der Waals surface area contributed by atoms with E-state index in [-0.39, 0.29) is 29.6 Å².